The second kappa shape index (κ2) is 6.72. The molecule has 1 saturated heterocycles. The summed E-state index contributed by atoms with van der Waals surface area (Å²) >= 11 is 0. The molecule has 2 rings (SSSR count). The molecule has 0 amide bonds. The van der Waals surface area contributed by atoms with Gasteiger partial charge in [-0.05, 0) is 57.7 Å². The number of aliphatic hydroxyl groups excluding tert-OH is 1. The van der Waals surface area contributed by atoms with E-state index in [4.69, 9.17) is 0 Å². The Bertz CT molecular complexity index is 412. The lowest BCUT2D eigenvalue weighted by molar-refractivity contribution is -0.0367. The largest absolute Gasteiger partial charge is 0.391 e. The van der Waals surface area contributed by atoms with Gasteiger partial charge in [0, 0.05) is 18.8 Å². The van der Waals surface area contributed by atoms with E-state index in [1.54, 1.807) is 0 Å². The Kier molecular flexibility index (Phi) is 5.22. The van der Waals surface area contributed by atoms with Crippen LogP contribution in [0.1, 0.15) is 51.5 Å². The fourth-order valence-corrected chi connectivity index (χ4v) is 3.29. The molecule has 2 atom stereocenters. The Hall–Kier alpha value is -0.870. The predicted octanol–water partition coefficient (Wildman–Crippen LogP) is 2.37. The first kappa shape index (κ1) is 15.5. The van der Waals surface area contributed by atoms with Crippen LogP contribution in [0.3, 0.4) is 0 Å². The number of likely N-dealkylation sites (tertiary alicyclic amines) is 1. The molecule has 114 valence electrons. The van der Waals surface area contributed by atoms with Crippen molar-refractivity contribution in [3.63, 3.8) is 0 Å². The Morgan fingerprint density at radius 1 is 1.35 bits per heavy atom. The van der Waals surface area contributed by atoms with Gasteiger partial charge in [0.05, 0.1) is 12.3 Å². The molecule has 1 fully saturated rings. The molecule has 0 radical (unpaired) electrons. The highest BCUT2D eigenvalue weighted by Gasteiger charge is 2.37. The van der Waals surface area contributed by atoms with Crippen LogP contribution >= 0.6 is 0 Å². The number of rotatable bonds is 6. The fraction of sp³-hybridized carbons (Fsp3) is 0.812. The molecule has 1 N–H and O–H groups in total. The highest BCUT2D eigenvalue weighted by atomic mass is 16.3. The lowest BCUT2D eigenvalue weighted by atomic mass is 9.85. The standard InChI is InChI=1S/C16H29N3O/c1-4-16(2,19-10-6-5-7-11-19)15(20)9-8-14-12-17-18(3)13-14/h12-13,15,20H,4-11H2,1-3H3. The molecule has 0 saturated carbocycles. The van der Waals surface area contributed by atoms with E-state index in [9.17, 15) is 5.11 Å². The van der Waals surface area contributed by atoms with E-state index in [1.165, 1.54) is 24.8 Å². The van der Waals surface area contributed by atoms with Crippen LogP contribution in [0.25, 0.3) is 0 Å². The van der Waals surface area contributed by atoms with E-state index in [0.717, 1.165) is 32.4 Å². The lowest BCUT2D eigenvalue weighted by Crippen LogP contribution is -2.56. The number of hydrogen-bond donors (Lipinski definition) is 1. The van der Waals surface area contributed by atoms with Gasteiger partial charge in [0.2, 0.25) is 0 Å². The van der Waals surface area contributed by atoms with Crippen LogP contribution in [0.2, 0.25) is 0 Å². The lowest BCUT2D eigenvalue weighted by Gasteiger charge is -2.46. The van der Waals surface area contributed by atoms with Gasteiger partial charge in [0.15, 0.2) is 0 Å². The molecule has 1 aromatic rings. The highest BCUT2D eigenvalue weighted by molar-refractivity contribution is 5.05. The van der Waals surface area contributed by atoms with Gasteiger partial charge in [-0.25, -0.2) is 0 Å². The van der Waals surface area contributed by atoms with Gasteiger partial charge in [-0.3, -0.25) is 9.58 Å². The Morgan fingerprint density at radius 2 is 2.05 bits per heavy atom. The van der Waals surface area contributed by atoms with Crippen molar-refractivity contribution in [3.8, 4) is 0 Å². The van der Waals surface area contributed by atoms with Gasteiger partial charge >= 0.3 is 0 Å². The third kappa shape index (κ3) is 3.41. The van der Waals surface area contributed by atoms with E-state index < -0.39 is 0 Å². The SMILES string of the molecule is CCC(C)(C(O)CCc1cnn(C)c1)N1CCCCC1. The minimum absolute atomic E-state index is 0.0807. The molecule has 2 heterocycles. The van der Waals surface area contributed by atoms with Crippen molar-refractivity contribution in [3.05, 3.63) is 18.0 Å². The first-order valence-corrected chi connectivity index (χ1v) is 7.97. The normalized spacial score (nSPS) is 21.6. The smallest absolute Gasteiger partial charge is 0.0724 e. The number of aromatic nitrogens is 2. The van der Waals surface area contributed by atoms with Crippen LogP contribution in [0.4, 0.5) is 0 Å². The molecule has 2 unspecified atom stereocenters. The Balaban J connectivity index is 1.94. The molecule has 0 spiro atoms. The summed E-state index contributed by atoms with van der Waals surface area (Å²) in [6, 6.07) is 0. The number of piperidine rings is 1. The van der Waals surface area contributed by atoms with Crippen LogP contribution in [-0.2, 0) is 13.5 Å². The maximum absolute atomic E-state index is 10.7. The fourth-order valence-electron chi connectivity index (χ4n) is 3.29. The first-order chi connectivity index (χ1) is 9.56. The monoisotopic (exact) mass is 279 g/mol. The summed E-state index contributed by atoms with van der Waals surface area (Å²) in [6.45, 7) is 6.69. The first-order valence-electron chi connectivity index (χ1n) is 7.97. The molecule has 1 aliphatic heterocycles. The topological polar surface area (TPSA) is 41.3 Å². The minimum Gasteiger partial charge on any atom is -0.391 e. The maximum atomic E-state index is 10.7. The van der Waals surface area contributed by atoms with Crippen LogP contribution in [0, 0.1) is 0 Å². The average Bonchev–Trinajstić information content (AvgIpc) is 2.90. The van der Waals surface area contributed by atoms with E-state index >= 15 is 0 Å². The molecule has 0 aromatic carbocycles. The summed E-state index contributed by atoms with van der Waals surface area (Å²) in [5.41, 5.74) is 1.13. The summed E-state index contributed by atoms with van der Waals surface area (Å²) in [7, 11) is 1.93. The molecule has 4 heteroatoms. The summed E-state index contributed by atoms with van der Waals surface area (Å²) in [4.78, 5) is 2.50. The van der Waals surface area contributed by atoms with Gasteiger partial charge in [-0.2, -0.15) is 5.10 Å². The minimum atomic E-state index is -0.272. The van der Waals surface area contributed by atoms with Crippen molar-refractivity contribution in [1.29, 1.82) is 0 Å². The van der Waals surface area contributed by atoms with Crippen molar-refractivity contribution in [2.24, 2.45) is 7.05 Å². The van der Waals surface area contributed by atoms with Crippen molar-refractivity contribution < 1.29 is 5.11 Å². The van der Waals surface area contributed by atoms with Gasteiger partial charge in [-0.15, -0.1) is 0 Å². The van der Waals surface area contributed by atoms with Gasteiger partial charge in [0.25, 0.3) is 0 Å². The third-order valence-electron chi connectivity index (χ3n) is 4.98. The quantitative estimate of drug-likeness (QED) is 0.869. The molecule has 20 heavy (non-hydrogen) atoms. The van der Waals surface area contributed by atoms with Gasteiger partial charge in [-0.1, -0.05) is 13.3 Å². The molecule has 0 bridgehead atoms. The molecular weight excluding hydrogens is 250 g/mol. The van der Waals surface area contributed by atoms with Crippen LogP contribution < -0.4 is 0 Å². The maximum Gasteiger partial charge on any atom is 0.0724 e. The Labute approximate surface area is 122 Å². The van der Waals surface area contributed by atoms with E-state index in [2.05, 4.69) is 23.8 Å². The number of aryl methyl sites for hydroxylation is 2. The Morgan fingerprint density at radius 3 is 2.60 bits per heavy atom. The van der Waals surface area contributed by atoms with Crippen LogP contribution in [0.5, 0.6) is 0 Å². The second-order valence-corrected chi connectivity index (χ2v) is 6.34. The zero-order valence-corrected chi connectivity index (χ0v) is 13.2. The van der Waals surface area contributed by atoms with Crippen LogP contribution in [-0.4, -0.2) is 44.5 Å². The molecule has 1 aromatic heterocycles. The average molecular weight is 279 g/mol. The summed E-state index contributed by atoms with van der Waals surface area (Å²) in [5.74, 6) is 0. The van der Waals surface area contributed by atoms with E-state index in [-0.39, 0.29) is 11.6 Å². The van der Waals surface area contributed by atoms with E-state index in [0.29, 0.717) is 0 Å². The number of nitrogens with zero attached hydrogens (tertiary/aromatic N) is 3. The number of aliphatic hydroxyl groups is 1. The molecule has 1 aliphatic rings. The van der Waals surface area contributed by atoms with Crippen molar-refractivity contribution in [2.45, 2.75) is 64.0 Å². The predicted molar refractivity (Wildman–Crippen MR) is 81.7 cm³/mol. The summed E-state index contributed by atoms with van der Waals surface area (Å²) in [6.07, 6.45) is 10.3. The second-order valence-electron chi connectivity index (χ2n) is 6.34. The molecule has 4 nitrogen and oxygen atoms in total. The van der Waals surface area contributed by atoms with Gasteiger partial charge in [0.1, 0.15) is 0 Å². The zero-order chi connectivity index (χ0) is 14.6. The highest BCUT2D eigenvalue weighted by Crippen LogP contribution is 2.29. The van der Waals surface area contributed by atoms with Crippen molar-refractivity contribution in [1.82, 2.24) is 14.7 Å². The molecule has 0 aliphatic carbocycles. The molecular formula is C16H29N3O. The van der Waals surface area contributed by atoms with E-state index in [1.807, 2.05) is 24.1 Å². The van der Waals surface area contributed by atoms with Gasteiger partial charge < -0.3 is 5.11 Å². The van der Waals surface area contributed by atoms with Crippen molar-refractivity contribution in [2.75, 3.05) is 13.1 Å². The number of hydrogen-bond acceptors (Lipinski definition) is 3. The summed E-state index contributed by atoms with van der Waals surface area (Å²) < 4.78 is 1.82. The third-order valence-corrected chi connectivity index (χ3v) is 4.98. The van der Waals surface area contributed by atoms with Crippen molar-refractivity contribution >= 4 is 0 Å². The summed E-state index contributed by atoms with van der Waals surface area (Å²) in [5, 5.41) is 14.9. The van der Waals surface area contributed by atoms with Crippen LogP contribution in [0.15, 0.2) is 12.4 Å². The zero-order valence-electron chi connectivity index (χ0n) is 13.2.